The Morgan fingerprint density at radius 2 is 1.66 bits per heavy atom. The van der Waals surface area contributed by atoms with E-state index in [0.29, 0.717) is 28.3 Å². The summed E-state index contributed by atoms with van der Waals surface area (Å²) in [5.74, 6) is 0.905. The molecule has 188 valence electrons. The van der Waals surface area contributed by atoms with Crippen molar-refractivity contribution in [2.24, 2.45) is 0 Å². The lowest BCUT2D eigenvalue weighted by Gasteiger charge is -2.30. The van der Waals surface area contributed by atoms with E-state index in [0.717, 1.165) is 5.56 Å². The average Bonchev–Trinajstić information content (AvgIpc) is 2.77. The molecule has 0 spiro atoms. The van der Waals surface area contributed by atoms with Gasteiger partial charge in [-0.15, -0.1) is 0 Å². The number of ether oxygens (including phenoxy) is 1. The van der Waals surface area contributed by atoms with E-state index in [1.807, 2.05) is 4.72 Å². The summed E-state index contributed by atoms with van der Waals surface area (Å²) in [6.45, 7) is 4.35. The van der Waals surface area contributed by atoms with Gasteiger partial charge in [0.05, 0.1) is 12.0 Å². The van der Waals surface area contributed by atoms with Crippen LogP contribution in [0.25, 0.3) is 0 Å². The molecule has 1 aromatic heterocycles. The van der Waals surface area contributed by atoms with Gasteiger partial charge in [0.2, 0.25) is 10.0 Å². The third-order valence-electron chi connectivity index (χ3n) is 5.47. The highest BCUT2D eigenvalue weighted by Gasteiger charge is 2.44. The minimum Gasteiger partial charge on any atom is -0.497 e. The zero-order valence-electron chi connectivity index (χ0n) is 19.9. The first-order chi connectivity index (χ1) is 16.4. The molecule has 0 amide bonds. The second-order valence-corrected chi connectivity index (χ2v) is 10.0. The Kier molecular flexibility index (Phi) is 8.07. The van der Waals surface area contributed by atoms with Crippen LogP contribution in [0, 0.1) is 20.8 Å². The van der Waals surface area contributed by atoms with Gasteiger partial charge >= 0.3 is 6.18 Å². The van der Waals surface area contributed by atoms with Crippen molar-refractivity contribution in [1.29, 1.82) is 0 Å². The number of aryl methyl sites for hydroxylation is 3. The van der Waals surface area contributed by atoms with Crippen LogP contribution >= 0.6 is 0 Å². The normalized spacial score (nSPS) is 12.9. The smallest absolute Gasteiger partial charge is 0.406 e. The molecule has 0 aliphatic carbocycles. The summed E-state index contributed by atoms with van der Waals surface area (Å²) in [7, 11) is -2.94. The van der Waals surface area contributed by atoms with Crippen molar-refractivity contribution in [2.45, 2.75) is 44.4 Å². The zero-order valence-corrected chi connectivity index (χ0v) is 20.7. The quantitative estimate of drug-likeness (QED) is 0.445. The van der Waals surface area contributed by atoms with Crippen LogP contribution < -0.4 is 14.4 Å². The highest BCUT2D eigenvalue weighted by atomic mass is 32.2. The van der Waals surface area contributed by atoms with Gasteiger partial charge in [-0.3, -0.25) is 0 Å². The molecule has 1 atom stereocenters. The van der Waals surface area contributed by atoms with E-state index in [2.05, 4.69) is 4.98 Å². The molecule has 0 aliphatic heterocycles. The summed E-state index contributed by atoms with van der Waals surface area (Å²) in [5.41, 5.74) is 2.31. The van der Waals surface area contributed by atoms with Crippen molar-refractivity contribution in [2.75, 3.05) is 18.6 Å². The number of nitrogens with one attached hydrogen (secondary N) is 1. The molecule has 0 aliphatic rings. The predicted molar refractivity (Wildman–Crippen MR) is 129 cm³/mol. The first-order valence-electron chi connectivity index (χ1n) is 10.9. The molecule has 0 radical (unpaired) electrons. The summed E-state index contributed by atoms with van der Waals surface area (Å²) >= 11 is 0. The van der Waals surface area contributed by atoms with Crippen LogP contribution in [-0.4, -0.2) is 39.3 Å². The maximum Gasteiger partial charge on any atom is 0.406 e. The Hall–Kier alpha value is -3.11. The predicted octanol–water partition coefficient (Wildman–Crippen LogP) is 4.93. The van der Waals surface area contributed by atoms with Gasteiger partial charge < -0.3 is 9.64 Å². The Morgan fingerprint density at radius 3 is 2.17 bits per heavy atom. The number of rotatable bonds is 9. The molecule has 0 saturated carbocycles. The van der Waals surface area contributed by atoms with Crippen molar-refractivity contribution in [1.82, 2.24) is 9.71 Å². The van der Waals surface area contributed by atoms with Crippen molar-refractivity contribution in [3.8, 4) is 5.75 Å². The van der Waals surface area contributed by atoms with E-state index >= 15 is 0 Å². The molecule has 1 N–H and O–H groups in total. The Bertz CT molecular complexity index is 1230. The van der Waals surface area contributed by atoms with Crippen molar-refractivity contribution >= 4 is 15.8 Å². The van der Waals surface area contributed by atoms with E-state index < -0.39 is 28.8 Å². The molecule has 6 nitrogen and oxygen atoms in total. The summed E-state index contributed by atoms with van der Waals surface area (Å²) in [5, 5.41) is 0. The summed E-state index contributed by atoms with van der Waals surface area (Å²) < 4.78 is 75.8. The Morgan fingerprint density at radius 1 is 1.03 bits per heavy atom. The van der Waals surface area contributed by atoms with Gasteiger partial charge in [0, 0.05) is 19.3 Å². The molecule has 10 heteroatoms. The van der Waals surface area contributed by atoms with E-state index in [1.165, 1.54) is 18.2 Å². The third kappa shape index (κ3) is 6.73. The van der Waals surface area contributed by atoms with Crippen LogP contribution in [0.5, 0.6) is 5.75 Å². The van der Waals surface area contributed by atoms with Crippen molar-refractivity contribution in [3.63, 3.8) is 0 Å². The highest BCUT2D eigenvalue weighted by molar-refractivity contribution is 7.89. The second kappa shape index (κ2) is 10.7. The molecule has 1 heterocycles. The molecular formula is C25H28F3N3O3S. The number of hydrogen-bond acceptors (Lipinski definition) is 5. The van der Waals surface area contributed by atoms with Gasteiger partial charge in [0.25, 0.3) is 0 Å². The van der Waals surface area contributed by atoms with Gasteiger partial charge in [-0.2, -0.15) is 17.9 Å². The van der Waals surface area contributed by atoms with Crippen LogP contribution in [0.3, 0.4) is 0 Å². The average molecular weight is 508 g/mol. The van der Waals surface area contributed by atoms with Gasteiger partial charge in [0.15, 0.2) is 0 Å². The van der Waals surface area contributed by atoms with Crippen LogP contribution in [0.15, 0.2) is 65.7 Å². The monoisotopic (exact) mass is 507 g/mol. The fourth-order valence-corrected chi connectivity index (χ4v) is 5.66. The van der Waals surface area contributed by atoms with Crippen molar-refractivity contribution in [3.05, 3.63) is 83.0 Å². The number of benzene rings is 2. The lowest BCUT2D eigenvalue weighted by Crippen LogP contribution is -2.52. The standard InChI is InChI=1S/C25H28F3N3O3S/c1-17-13-18(2)24(19(3)14-17)35(32,33)30-22(25(26,27)28)16-31(23-7-5-6-12-29-23)15-20-8-10-21(34-4)11-9-20/h5-14,22,30H,15-16H2,1-4H3. The summed E-state index contributed by atoms with van der Waals surface area (Å²) in [6, 6.07) is 12.7. The van der Waals surface area contributed by atoms with E-state index in [-0.39, 0.29) is 11.4 Å². The minimum absolute atomic E-state index is 0.0813. The highest BCUT2D eigenvalue weighted by Crippen LogP contribution is 2.28. The lowest BCUT2D eigenvalue weighted by molar-refractivity contribution is -0.149. The summed E-state index contributed by atoms with van der Waals surface area (Å²) in [4.78, 5) is 5.45. The van der Waals surface area contributed by atoms with Gasteiger partial charge in [0.1, 0.15) is 17.6 Å². The molecule has 1 unspecified atom stereocenters. The number of sulfonamides is 1. The molecule has 2 aromatic carbocycles. The van der Waals surface area contributed by atoms with E-state index in [9.17, 15) is 21.6 Å². The first-order valence-corrected chi connectivity index (χ1v) is 12.3. The molecule has 0 bridgehead atoms. The first kappa shape index (κ1) is 26.5. The maximum atomic E-state index is 14.2. The SMILES string of the molecule is COc1ccc(CN(CC(NS(=O)(=O)c2c(C)cc(C)cc2C)C(F)(F)F)c2ccccn2)cc1. The minimum atomic E-state index is -4.84. The van der Waals surface area contributed by atoms with Crippen LogP contribution in [0.4, 0.5) is 19.0 Å². The maximum absolute atomic E-state index is 14.2. The fourth-order valence-electron chi connectivity index (χ4n) is 4.00. The van der Waals surface area contributed by atoms with Crippen LogP contribution in [0.2, 0.25) is 0 Å². The Labute approximate surface area is 203 Å². The number of pyridine rings is 1. The molecule has 0 fully saturated rings. The van der Waals surface area contributed by atoms with Crippen LogP contribution in [0.1, 0.15) is 22.3 Å². The van der Waals surface area contributed by atoms with E-state index in [4.69, 9.17) is 4.74 Å². The second-order valence-electron chi connectivity index (χ2n) is 8.36. The number of nitrogens with zero attached hydrogens (tertiary/aromatic N) is 2. The molecule has 35 heavy (non-hydrogen) atoms. The number of halogens is 3. The van der Waals surface area contributed by atoms with Crippen molar-refractivity contribution < 1.29 is 26.3 Å². The zero-order chi connectivity index (χ0) is 25.8. The third-order valence-corrected chi connectivity index (χ3v) is 7.25. The molecule has 3 aromatic rings. The fraction of sp³-hybridized carbons (Fsp3) is 0.320. The van der Waals surface area contributed by atoms with Gasteiger partial charge in [-0.25, -0.2) is 13.4 Å². The lowest BCUT2D eigenvalue weighted by atomic mass is 10.1. The summed E-state index contributed by atoms with van der Waals surface area (Å²) in [6.07, 6.45) is -3.37. The van der Waals surface area contributed by atoms with Crippen LogP contribution in [-0.2, 0) is 16.6 Å². The number of hydrogen-bond donors (Lipinski definition) is 1. The molecular weight excluding hydrogens is 479 g/mol. The number of alkyl halides is 3. The molecule has 3 rings (SSSR count). The van der Waals surface area contributed by atoms with Gasteiger partial charge in [-0.1, -0.05) is 35.9 Å². The largest absolute Gasteiger partial charge is 0.497 e. The Balaban J connectivity index is 1.95. The van der Waals surface area contributed by atoms with E-state index in [1.54, 1.807) is 75.4 Å². The number of aromatic nitrogens is 1. The molecule has 0 saturated heterocycles. The number of anilines is 1. The number of methoxy groups -OCH3 is 1. The topological polar surface area (TPSA) is 71.5 Å². The van der Waals surface area contributed by atoms with Gasteiger partial charge in [-0.05, 0) is 61.7 Å².